The summed E-state index contributed by atoms with van der Waals surface area (Å²) in [6, 6.07) is 14.4. The molecule has 2 aromatic carbocycles. The van der Waals surface area contributed by atoms with Crippen LogP contribution in [0.2, 0.25) is 0 Å². The zero-order valence-electron chi connectivity index (χ0n) is 15.1. The third-order valence-corrected chi connectivity index (χ3v) is 6.88. The number of fused-ring (bicyclic) bond motifs is 1. The van der Waals surface area contributed by atoms with E-state index in [-0.39, 0.29) is 4.90 Å². The third kappa shape index (κ3) is 3.89. The molecule has 0 unspecified atom stereocenters. The average molecular weight is 400 g/mol. The minimum atomic E-state index is -3.59. The summed E-state index contributed by atoms with van der Waals surface area (Å²) in [6.07, 6.45) is 4.03. The summed E-state index contributed by atoms with van der Waals surface area (Å²) in [5.41, 5.74) is 3.57. The maximum Gasteiger partial charge on any atom is 0.261 e. The minimum absolute atomic E-state index is 0.272. The standard InChI is InChI=1S/C20H21N3O2S2/c1-2-3-15-4-10-18(11-5-15)27(24,25)22-17-8-6-16(7-9-17)19-14-23-12-13-26-20(23)21-19/h4-11,14,22H,2-3,12-13H2,1H3. The van der Waals surface area contributed by atoms with Crippen LogP contribution in [0, 0.1) is 0 Å². The van der Waals surface area contributed by atoms with E-state index in [0.717, 1.165) is 47.1 Å². The second kappa shape index (κ2) is 7.40. The summed E-state index contributed by atoms with van der Waals surface area (Å²) >= 11 is 1.76. The zero-order valence-corrected chi connectivity index (χ0v) is 16.7. The van der Waals surface area contributed by atoms with Crippen molar-refractivity contribution in [3.8, 4) is 11.3 Å². The van der Waals surface area contributed by atoms with E-state index in [4.69, 9.17) is 0 Å². The van der Waals surface area contributed by atoms with Crippen LogP contribution in [0.15, 0.2) is 64.8 Å². The fourth-order valence-corrected chi connectivity index (χ4v) is 5.10. The highest BCUT2D eigenvalue weighted by Gasteiger charge is 2.16. The Balaban J connectivity index is 1.50. The molecule has 2 heterocycles. The summed E-state index contributed by atoms with van der Waals surface area (Å²) in [5, 5.41) is 1.04. The van der Waals surface area contributed by atoms with Crippen LogP contribution in [-0.2, 0) is 23.0 Å². The molecular weight excluding hydrogens is 378 g/mol. The van der Waals surface area contributed by atoms with E-state index in [1.807, 2.05) is 30.5 Å². The van der Waals surface area contributed by atoms with Crippen molar-refractivity contribution in [3.05, 3.63) is 60.3 Å². The van der Waals surface area contributed by atoms with Gasteiger partial charge in [-0.2, -0.15) is 0 Å². The van der Waals surface area contributed by atoms with E-state index in [1.54, 1.807) is 36.0 Å². The fourth-order valence-electron chi connectivity index (χ4n) is 3.10. The Hall–Kier alpha value is -2.25. The van der Waals surface area contributed by atoms with Gasteiger partial charge < -0.3 is 4.57 Å². The van der Waals surface area contributed by atoms with Crippen LogP contribution in [0.25, 0.3) is 11.3 Å². The molecule has 0 fully saturated rings. The molecule has 5 nitrogen and oxygen atoms in total. The minimum Gasteiger partial charge on any atom is -0.325 e. The van der Waals surface area contributed by atoms with Gasteiger partial charge in [-0.15, -0.1) is 0 Å². The highest BCUT2D eigenvalue weighted by atomic mass is 32.2. The molecule has 1 aromatic heterocycles. The Kier molecular flexibility index (Phi) is 4.97. The number of aromatic nitrogens is 2. The topological polar surface area (TPSA) is 64.0 Å². The first-order chi connectivity index (χ1) is 13.0. The van der Waals surface area contributed by atoms with Crippen LogP contribution in [0.1, 0.15) is 18.9 Å². The van der Waals surface area contributed by atoms with Crippen molar-refractivity contribution in [2.45, 2.75) is 36.4 Å². The summed E-state index contributed by atoms with van der Waals surface area (Å²) < 4.78 is 30.0. The summed E-state index contributed by atoms with van der Waals surface area (Å²) in [6.45, 7) is 3.09. The molecule has 27 heavy (non-hydrogen) atoms. The first-order valence-electron chi connectivity index (χ1n) is 8.97. The summed E-state index contributed by atoms with van der Waals surface area (Å²) in [7, 11) is -3.59. The van der Waals surface area contributed by atoms with Gasteiger partial charge in [0.25, 0.3) is 10.0 Å². The van der Waals surface area contributed by atoms with E-state index in [9.17, 15) is 8.42 Å². The average Bonchev–Trinajstić information content (AvgIpc) is 3.25. The second-order valence-electron chi connectivity index (χ2n) is 6.53. The lowest BCUT2D eigenvalue weighted by Crippen LogP contribution is -2.12. The molecule has 1 aliphatic rings. The molecule has 1 N–H and O–H groups in total. The van der Waals surface area contributed by atoms with Crippen molar-refractivity contribution in [1.29, 1.82) is 0 Å². The summed E-state index contributed by atoms with van der Waals surface area (Å²) in [4.78, 5) is 4.90. The van der Waals surface area contributed by atoms with Crippen molar-refractivity contribution in [1.82, 2.24) is 9.55 Å². The summed E-state index contributed by atoms with van der Waals surface area (Å²) in [5.74, 6) is 1.07. The number of nitrogens with one attached hydrogen (secondary N) is 1. The fraction of sp³-hybridized carbons (Fsp3) is 0.250. The molecule has 140 valence electrons. The van der Waals surface area contributed by atoms with Crippen molar-refractivity contribution >= 4 is 27.5 Å². The predicted octanol–water partition coefficient (Wildman–Crippen LogP) is 4.41. The zero-order chi connectivity index (χ0) is 18.9. The quantitative estimate of drug-likeness (QED) is 0.667. The number of hydrogen-bond acceptors (Lipinski definition) is 4. The van der Waals surface area contributed by atoms with Crippen LogP contribution in [0.5, 0.6) is 0 Å². The third-order valence-electron chi connectivity index (χ3n) is 4.51. The maximum atomic E-state index is 12.6. The molecule has 0 radical (unpaired) electrons. The Morgan fingerprint density at radius 1 is 1.11 bits per heavy atom. The largest absolute Gasteiger partial charge is 0.325 e. The molecule has 7 heteroatoms. The molecular formula is C20H21N3O2S2. The molecule has 0 spiro atoms. The molecule has 0 amide bonds. The molecule has 0 bridgehead atoms. The normalized spacial score (nSPS) is 13.5. The number of hydrogen-bond donors (Lipinski definition) is 1. The van der Waals surface area contributed by atoms with Gasteiger partial charge >= 0.3 is 0 Å². The molecule has 4 rings (SSSR count). The van der Waals surface area contributed by atoms with Crippen molar-refractivity contribution < 1.29 is 8.42 Å². The van der Waals surface area contributed by atoms with E-state index in [0.29, 0.717) is 5.69 Å². The number of anilines is 1. The van der Waals surface area contributed by atoms with Gasteiger partial charge in [0.15, 0.2) is 5.16 Å². The van der Waals surface area contributed by atoms with Gasteiger partial charge in [0.05, 0.1) is 10.6 Å². The second-order valence-corrected chi connectivity index (χ2v) is 9.27. The van der Waals surface area contributed by atoms with Gasteiger partial charge in [-0.05, 0) is 36.2 Å². The number of sulfonamides is 1. The number of benzene rings is 2. The molecule has 1 aliphatic heterocycles. The van der Waals surface area contributed by atoms with Crippen LogP contribution >= 0.6 is 11.8 Å². The first kappa shape index (κ1) is 18.1. The Morgan fingerprint density at radius 2 is 1.85 bits per heavy atom. The maximum absolute atomic E-state index is 12.6. The Labute approximate surface area is 163 Å². The lowest BCUT2D eigenvalue weighted by atomic mass is 10.1. The van der Waals surface area contributed by atoms with Crippen LogP contribution in [-0.4, -0.2) is 23.7 Å². The van der Waals surface area contributed by atoms with Gasteiger partial charge in [0, 0.05) is 29.7 Å². The van der Waals surface area contributed by atoms with Crippen LogP contribution in [0.4, 0.5) is 5.69 Å². The van der Waals surface area contributed by atoms with E-state index >= 15 is 0 Å². The van der Waals surface area contributed by atoms with E-state index in [2.05, 4.69) is 21.2 Å². The van der Waals surface area contributed by atoms with E-state index in [1.165, 1.54) is 0 Å². The van der Waals surface area contributed by atoms with Gasteiger partial charge in [0.2, 0.25) is 0 Å². The SMILES string of the molecule is CCCc1ccc(S(=O)(=O)Nc2ccc(-c3cn4c(n3)SCC4)cc2)cc1. The smallest absolute Gasteiger partial charge is 0.261 e. The van der Waals surface area contributed by atoms with Crippen molar-refractivity contribution in [3.63, 3.8) is 0 Å². The lowest BCUT2D eigenvalue weighted by molar-refractivity contribution is 0.601. The Bertz CT molecular complexity index is 1020. The molecule has 0 saturated carbocycles. The Morgan fingerprint density at radius 3 is 2.52 bits per heavy atom. The van der Waals surface area contributed by atoms with Crippen molar-refractivity contribution in [2.75, 3.05) is 10.5 Å². The van der Waals surface area contributed by atoms with Gasteiger partial charge in [-0.3, -0.25) is 4.72 Å². The lowest BCUT2D eigenvalue weighted by Gasteiger charge is -2.09. The number of rotatable bonds is 6. The number of thioether (sulfide) groups is 1. The van der Waals surface area contributed by atoms with E-state index < -0.39 is 10.0 Å². The molecule has 0 aliphatic carbocycles. The molecule has 3 aromatic rings. The van der Waals surface area contributed by atoms with Gasteiger partial charge in [0.1, 0.15) is 0 Å². The monoisotopic (exact) mass is 399 g/mol. The van der Waals surface area contributed by atoms with Crippen LogP contribution in [0.3, 0.4) is 0 Å². The van der Waals surface area contributed by atoms with Crippen LogP contribution < -0.4 is 4.72 Å². The first-order valence-corrected chi connectivity index (χ1v) is 11.4. The highest BCUT2D eigenvalue weighted by molar-refractivity contribution is 7.99. The number of imidazole rings is 1. The van der Waals surface area contributed by atoms with Crippen molar-refractivity contribution in [2.24, 2.45) is 0 Å². The predicted molar refractivity (Wildman–Crippen MR) is 110 cm³/mol. The van der Waals surface area contributed by atoms with Gasteiger partial charge in [-0.1, -0.05) is 49.4 Å². The number of nitrogens with zero attached hydrogens (tertiary/aromatic N) is 2. The van der Waals surface area contributed by atoms with Gasteiger partial charge in [-0.25, -0.2) is 13.4 Å². The molecule has 0 saturated heterocycles. The number of aryl methyl sites for hydroxylation is 2. The highest BCUT2D eigenvalue weighted by Crippen LogP contribution is 2.29. The molecule has 0 atom stereocenters.